The maximum atomic E-state index is 13.8. The van der Waals surface area contributed by atoms with E-state index >= 15 is 0 Å². The molecule has 0 bridgehead atoms. The molecule has 0 aliphatic carbocycles. The summed E-state index contributed by atoms with van der Waals surface area (Å²) in [5.41, 5.74) is 0.496. The van der Waals surface area contributed by atoms with Gasteiger partial charge in [0.05, 0.1) is 7.11 Å². The van der Waals surface area contributed by atoms with Gasteiger partial charge in [-0.05, 0) is 31.3 Å². The third-order valence-electron chi connectivity index (χ3n) is 2.72. The van der Waals surface area contributed by atoms with Crippen molar-refractivity contribution < 1.29 is 13.9 Å². The van der Waals surface area contributed by atoms with Crippen LogP contribution < -0.4 is 14.8 Å². The van der Waals surface area contributed by atoms with Crippen LogP contribution >= 0.6 is 0 Å². The van der Waals surface area contributed by atoms with E-state index in [0.717, 1.165) is 0 Å². The van der Waals surface area contributed by atoms with E-state index in [1.807, 2.05) is 12.1 Å². The van der Waals surface area contributed by atoms with Crippen LogP contribution in [0.2, 0.25) is 0 Å². The van der Waals surface area contributed by atoms with Gasteiger partial charge in [-0.25, -0.2) is 4.39 Å². The van der Waals surface area contributed by atoms with Gasteiger partial charge in [0.25, 0.3) is 0 Å². The van der Waals surface area contributed by atoms with Gasteiger partial charge in [-0.15, -0.1) is 0 Å². The van der Waals surface area contributed by atoms with E-state index in [2.05, 4.69) is 5.32 Å². The van der Waals surface area contributed by atoms with Crippen LogP contribution in [0.15, 0.2) is 42.5 Å². The third kappa shape index (κ3) is 3.03. The Morgan fingerprint density at radius 3 is 2.37 bits per heavy atom. The fraction of sp³-hybridized carbons (Fsp3) is 0.200. The highest BCUT2D eigenvalue weighted by Crippen LogP contribution is 2.33. The molecule has 0 aliphatic rings. The smallest absolute Gasteiger partial charge is 0.169 e. The van der Waals surface area contributed by atoms with E-state index in [0.29, 0.717) is 29.4 Å². The number of rotatable bonds is 5. The van der Waals surface area contributed by atoms with Gasteiger partial charge in [0.2, 0.25) is 0 Å². The molecule has 19 heavy (non-hydrogen) atoms. The van der Waals surface area contributed by atoms with Crippen LogP contribution in [0.5, 0.6) is 17.2 Å². The molecule has 0 aliphatic heterocycles. The molecule has 2 rings (SSSR count). The number of halogens is 1. The minimum absolute atomic E-state index is 0.290. The monoisotopic (exact) mass is 261 g/mol. The molecule has 2 aromatic carbocycles. The summed E-state index contributed by atoms with van der Waals surface area (Å²) in [5, 5.41) is 2.93. The molecule has 1 N–H and O–H groups in total. The maximum Gasteiger partial charge on any atom is 0.169 e. The lowest BCUT2D eigenvalue weighted by atomic mass is 10.2. The van der Waals surface area contributed by atoms with Crippen molar-refractivity contribution >= 4 is 0 Å². The van der Waals surface area contributed by atoms with Gasteiger partial charge in [-0.2, -0.15) is 0 Å². The molecule has 0 unspecified atom stereocenters. The molecule has 0 radical (unpaired) electrons. The van der Waals surface area contributed by atoms with E-state index in [4.69, 9.17) is 9.47 Å². The first-order chi connectivity index (χ1) is 9.26. The summed E-state index contributed by atoms with van der Waals surface area (Å²) < 4.78 is 24.7. The Morgan fingerprint density at radius 2 is 1.68 bits per heavy atom. The first kappa shape index (κ1) is 13.4. The molecule has 0 amide bonds. The minimum atomic E-state index is -0.290. The number of hydrogen-bond donors (Lipinski definition) is 1. The van der Waals surface area contributed by atoms with Crippen LogP contribution in [-0.2, 0) is 6.54 Å². The second-order valence-corrected chi connectivity index (χ2v) is 4.00. The zero-order valence-electron chi connectivity index (χ0n) is 10.9. The van der Waals surface area contributed by atoms with Crippen molar-refractivity contribution in [3.63, 3.8) is 0 Å². The van der Waals surface area contributed by atoms with Crippen molar-refractivity contribution in [2.75, 3.05) is 14.2 Å². The molecule has 100 valence electrons. The van der Waals surface area contributed by atoms with Crippen LogP contribution in [0.4, 0.5) is 4.39 Å². The Labute approximate surface area is 112 Å². The molecule has 0 saturated heterocycles. The van der Waals surface area contributed by atoms with Crippen molar-refractivity contribution in [3.05, 3.63) is 53.8 Å². The van der Waals surface area contributed by atoms with Crippen LogP contribution in [0, 0.1) is 5.82 Å². The molecule has 2 aromatic rings. The largest absolute Gasteiger partial charge is 0.493 e. The lowest BCUT2D eigenvalue weighted by Gasteiger charge is -2.13. The van der Waals surface area contributed by atoms with E-state index in [9.17, 15) is 4.39 Å². The van der Waals surface area contributed by atoms with Gasteiger partial charge in [0, 0.05) is 12.1 Å². The van der Waals surface area contributed by atoms with Gasteiger partial charge >= 0.3 is 0 Å². The summed E-state index contributed by atoms with van der Waals surface area (Å²) in [6, 6.07) is 12.1. The normalized spacial score (nSPS) is 10.3. The Bertz CT molecular complexity index is 558. The van der Waals surface area contributed by atoms with Crippen molar-refractivity contribution in [2.24, 2.45) is 0 Å². The van der Waals surface area contributed by atoms with Crippen molar-refractivity contribution in [1.29, 1.82) is 0 Å². The second-order valence-electron chi connectivity index (χ2n) is 4.00. The number of benzene rings is 2. The molecule has 0 atom stereocenters. The first-order valence-corrected chi connectivity index (χ1v) is 5.99. The van der Waals surface area contributed by atoms with Gasteiger partial charge < -0.3 is 14.8 Å². The Hall–Kier alpha value is -2.07. The SMILES string of the molecule is CNCc1c(F)cccc1Oc1ccccc1OC. The number of nitrogens with one attached hydrogen (secondary N) is 1. The summed E-state index contributed by atoms with van der Waals surface area (Å²) in [6.07, 6.45) is 0. The third-order valence-corrected chi connectivity index (χ3v) is 2.72. The number of para-hydroxylation sites is 2. The first-order valence-electron chi connectivity index (χ1n) is 5.99. The van der Waals surface area contributed by atoms with E-state index < -0.39 is 0 Å². The fourth-order valence-corrected chi connectivity index (χ4v) is 1.80. The maximum absolute atomic E-state index is 13.8. The minimum Gasteiger partial charge on any atom is -0.493 e. The lowest BCUT2D eigenvalue weighted by molar-refractivity contribution is 0.376. The average Bonchev–Trinajstić information content (AvgIpc) is 2.43. The number of methoxy groups -OCH3 is 1. The quantitative estimate of drug-likeness (QED) is 0.895. The lowest BCUT2D eigenvalue weighted by Crippen LogP contribution is -2.08. The van der Waals surface area contributed by atoms with Crippen LogP contribution in [0.3, 0.4) is 0 Å². The molecule has 3 nitrogen and oxygen atoms in total. The zero-order chi connectivity index (χ0) is 13.7. The zero-order valence-corrected chi connectivity index (χ0v) is 10.9. The molecular formula is C15H16FNO2. The summed E-state index contributed by atoms with van der Waals surface area (Å²) in [7, 11) is 3.33. The Kier molecular flexibility index (Phi) is 4.36. The highest BCUT2D eigenvalue weighted by Gasteiger charge is 2.11. The fourth-order valence-electron chi connectivity index (χ4n) is 1.80. The number of hydrogen-bond acceptors (Lipinski definition) is 3. The highest BCUT2D eigenvalue weighted by molar-refractivity contribution is 5.45. The average molecular weight is 261 g/mol. The molecule has 0 saturated carbocycles. The highest BCUT2D eigenvalue weighted by atomic mass is 19.1. The van der Waals surface area contributed by atoms with Gasteiger partial charge in [-0.3, -0.25) is 0 Å². The Morgan fingerprint density at radius 1 is 1.00 bits per heavy atom. The standard InChI is InChI=1S/C15H16FNO2/c1-17-10-11-12(16)6-5-9-13(11)19-15-8-4-3-7-14(15)18-2/h3-9,17H,10H2,1-2H3. The van der Waals surface area contributed by atoms with Crippen LogP contribution in [-0.4, -0.2) is 14.2 Å². The van der Waals surface area contributed by atoms with Gasteiger partial charge in [0.1, 0.15) is 11.6 Å². The van der Waals surface area contributed by atoms with Crippen molar-refractivity contribution in [3.8, 4) is 17.2 Å². The predicted octanol–water partition coefficient (Wildman–Crippen LogP) is 3.35. The van der Waals surface area contributed by atoms with Gasteiger partial charge in [0.15, 0.2) is 11.5 Å². The molecule has 0 aromatic heterocycles. The molecule has 4 heteroatoms. The van der Waals surface area contributed by atoms with E-state index in [-0.39, 0.29) is 5.82 Å². The topological polar surface area (TPSA) is 30.5 Å². The van der Waals surface area contributed by atoms with Crippen LogP contribution in [0.25, 0.3) is 0 Å². The summed E-state index contributed by atoms with van der Waals surface area (Å²) in [5.74, 6) is 1.37. The van der Waals surface area contributed by atoms with Gasteiger partial charge in [-0.1, -0.05) is 18.2 Å². The molecule has 0 spiro atoms. The summed E-state index contributed by atoms with van der Waals surface area (Å²) in [4.78, 5) is 0. The number of ether oxygens (including phenoxy) is 2. The second kappa shape index (κ2) is 6.20. The van der Waals surface area contributed by atoms with Crippen molar-refractivity contribution in [1.82, 2.24) is 5.32 Å². The Balaban J connectivity index is 2.35. The van der Waals surface area contributed by atoms with E-state index in [1.54, 1.807) is 38.4 Å². The molecular weight excluding hydrogens is 245 g/mol. The van der Waals surface area contributed by atoms with Crippen molar-refractivity contribution in [2.45, 2.75) is 6.54 Å². The summed E-state index contributed by atoms with van der Waals surface area (Å²) in [6.45, 7) is 0.400. The van der Waals surface area contributed by atoms with Crippen LogP contribution in [0.1, 0.15) is 5.56 Å². The summed E-state index contributed by atoms with van der Waals surface area (Å²) >= 11 is 0. The predicted molar refractivity (Wildman–Crippen MR) is 72.2 cm³/mol. The molecule has 0 heterocycles. The molecule has 0 fully saturated rings. The van der Waals surface area contributed by atoms with E-state index in [1.165, 1.54) is 6.07 Å².